The summed E-state index contributed by atoms with van der Waals surface area (Å²) >= 11 is 3.46. The highest BCUT2D eigenvalue weighted by molar-refractivity contribution is 9.09. The number of hydrogen-bond acceptors (Lipinski definition) is 1. The van der Waals surface area contributed by atoms with Gasteiger partial charge in [0.1, 0.15) is 11.6 Å². The van der Waals surface area contributed by atoms with Crippen molar-refractivity contribution in [3.05, 3.63) is 35.4 Å². The van der Waals surface area contributed by atoms with E-state index >= 15 is 0 Å². The molecule has 0 spiro atoms. The molecule has 0 saturated heterocycles. The molecule has 0 fully saturated rings. The summed E-state index contributed by atoms with van der Waals surface area (Å²) in [6, 6.07) is 3.61. The molecule has 1 rings (SSSR count). The van der Waals surface area contributed by atoms with Crippen LogP contribution in [0.5, 0.6) is 0 Å². The molecule has 1 aromatic carbocycles. The van der Waals surface area contributed by atoms with Gasteiger partial charge in [0.05, 0.1) is 6.42 Å². The van der Waals surface area contributed by atoms with Crippen LogP contribution < -0.4 is 5.32 Å². The Balaban J connectivity index is 2.65. The Morgan fingerprint density at radius 3 is 2.25 bits per heavy atom. The van der Waals surface area contributed by atoms with Crippen molar-refractivity contribution >= 4 is 21.8 Å². The van der Waals surface area contributed by atoms with Crippen LogP contribution in [0.1, 0.15) is 32.3 Å². The fourth-order valence-corrected chi connectivity index (χ4v) is 2.94. The van der Waals surface area contributed by atoms with Gasteiger partial charge >= 0.3 is 0 Å². The Hall–Kier alpha value is -0.970. The summed E-state index contributed by atoms with van der Waals surface area (Å²) in [6.45, 7) is 4.63. The van der Waals surface area contributed by atoms with Gasteiger partial charge in [-0.1, -0.05) is 35.8 Å². The van der Waals surface area contributed by atoms with Crippen molar-refractivity contribution in [2.24, 2.45) is 5.41 Å². The molecule has 20 heavy (non-hydrogen) atoms. The van der Waals surface area contributed by atoms with E-state index in [9.17, 15) is 13.6 Å². The first kappa shape index (κ1) is 17.1. The van der Waals surface area contributed by atoms with Crippen molar-refractivity contribution in [3.8, 4) is 0 Å². The second-order valence-electron chi connectivity index (χ2n) is 4.99. The highest BCUT2D eigenvalue weighted by Gasteiger charge is 2.25. The Bertz CT molecular complexity index is 433. The van der Waals surface area contributed by atoms with Gasteiger partial charge in [0.25, 0.3) is 0 Å². The summed E-state index contributed by atoms with van der Waals surface area (Å²) in [5.41, 5.74) is -0.189. The van der Waals surface area contributed by atoms with Gasteiger partial charge in [-0.05, 0) is 30.4 Å². The summed E-state index contributed by atoms with van der Waals surface area (Å²) in [6.07, 6.45) is 1.57. The van der Waals surface area contributed by atoms with Crippen LogP contribution in [0.4, 0.5) is 8.78 Å². The number of hydrogen-bond donors (Lipinski definition) is 1. The molecule has 112 valence electrons. The third-order valence-corrected chi connectivity index (χ3v) is 5.03. The van der Waals surface area contributed by atoms with Crippen LogP contribution in [-0.2, 0) is 11.2 Å². The van der Waals surface area contributed by atoms with E-state index in [0.717, 1.165) is 30.3 Å². The van der Waals surface area contributed by atoms with Gasteiger partial charge in [0, 0.05) is 17.4 Å². The number of rotatable bonds is 7. The van der Waals surface area contributed by atoms with E-state index in [2.05, 4.69) is 35.1 Å². The lowest BCUT2D eigenvalue weighted by Crippen LogP contribution is -2.39. The lowest BCUT2D eigenvalue weighted by Gasteiger charge is -2.29. The summed E-state index contributed by atoms with van der Waals surface area (Å²) in [5.74, 6) is -1.72. The Kier molecular flexibility index (Phi) is 6.59. The minimum atomic E-state index is -0.683. The Morgan fingerprint density at radius 2 is 1.80 bits per heavy atom. The maximum atomic E-state index is 13.5. The largest absolute Gasteiger partial charge is 0.355 e. The first-order valence-corrected chi connectivity index (χ1v) is 7.85. The molecular weight excluding hydrogens is 328 g/mol. The van der Waals surface area contributed by atoms with Gasteiger partial charge < -0.3 is 5.32 Å². The van der Waals surface area contributed by atoms with Crippen LogP contribution in [0.25, 0.3) is 0 Å². The molecule has 0 heterocycles. The molecule has 0 aliphatic heterocycles. The third kappa shape index (κ3) is 4.27. The number of carbonyl (C=O) groups is 1. The zero-order chi connectivity index (χ0) is 15.2. The zero-order valence-electron chi connectivity index (χ0n) is 11.8. The van der Waals surface area contributed by atoms with Gasteiger partial charge in [0.15, 0.2) is 0 Å². The molecule has 5 heteroatoms. The van der Waals surface area contributed by atoms with Crippen molar-refractivity contribution in [1.82, 2.24) is 5.32 Å². The van der Waals surface area contributed by atoms with Crippen LogP contribution in [0.15, 0.2) is 18.2 Å². The second kappa shape index (κ2) is 7.72. The lowest BCUT2D eigenvalue weighted by molar-refractivity contribution is -0.121. The molecule has 0 unspecified atom stereocenters. The van der Waals surface area contributed by atoms with Gasteiger partial charge in [-0.2, -0.15) is 0 Å². The smallest absolute Gasteiger partial charge is 0.224 e. The highest BCUT2D eigenvalue weighted by atomic mass is 79.9. The molecule has 1 aromatic rings. The first-order valence-electron chi connectivity index (χ1n) is 6.73. The summed E-state index contributed by atoms with van der Waals surface area (Å²) in [7, 11) is 0. The van der Waals surface area contributed by atoms with Crippen LogP contribution in [0.3, 0.4) is 0 Å². The van der Waals surface area contributed by atoms with Gasteiger partial charge in [-0.3, -0.25) is 4.79 Å². The topological polar surface area (TPSA) is 29.1 Å². The van der Waals surface area contributed by atoms with E-state index in [4.69, 9.17) is 0 Å². The lowest BCUT2D eigenvalue weighted by atomic mass is 9.84. The number of nitrogens with one attached hydrogen (secondary N) is 1. The molecule has 0 aliphatic rings. The van der Waals surface area contributed by atoms with E-state index in [1.165, 1.54) is 6.07 Å². The monoisotopic (exact) mass is 347 g/mol. The van der Waals surface area contributed by atoms with E-state index in [-0.39, 0.29) is 23.3 Å². The molecular formula is C15H20BrF2NO. The third-order valence-electron chi connectivity index (χ3n) is 3.84. The molecule has 2 nitrogen and oxygen atoms in total. The molecule has 0 saturated carbocycles. The van der Waals surface area contributed by atoms with Crippen molar-refractivity contribution in [1.29, 1.82) is 0 Å². The van der Waals surface area contributed by atoms with Crippen LogP contribution >= 0.6 is 15.9 Å². The normalized spacial score (nSPS) is 11.4. The van der Waals surface area contributed by atoms with Crippen molar-refractivity contribution in [2.45, 2.75) is 33.1 Å². The summed E-state index contributed by atoms with van der Waals surface area (Å²) in [5, 5.41) is 3.56. The Labute approximate surface area is 127 Å². The SMILES string of the molecule is CCC(CC)(CBr)CNC(=O)Cc1c(F)cccc1F. The number of alkyl halides is 1. The fourth-order valence-electron chi connectivity index (χ4n) is 1.95. The van der Waals surface area contributed by atoms with Crippen LogP contribution in [-0.4, -0.2) is 17.8 Å². The van der Waals surface area contributed by atoms with Crippen LogP contribution in [0, 0.1) is 17.0 Å². The first-order chi connectivity index (χ1) is 9.48. The molecule has 0 aromatic heterocycles. The minimum absolute atomic E-state index is 0.0105. The van der Waals surface area contributed by atoms with E-state index in [1.807, 2.05) is 0 Å². The quantitative estimate of drug-likeness (QED) is 0.746. The standard InChI is InChI=1S/C15H20BrF2NO/c1-3-15(4-2,9-16)10-19-14(20)8-11-12(17)6-5-7-13(11)18/h5-7H,3-4,8-10H2,1-2H3,(H,19,20). The highest BCUT2D eigenvalue weighted by Crippen LogP contribution is 2.27. The molecule has 0 atom stereocenters. The number of benzene rings is 1. The maximum absolute atomic E-state index is 13.5. The Morgan fingerprint density at radius 1 is 1.25 bits per heavy atom. The van der Waals surface area contributed by atoms with Crippen molar-refractivity contribution < 1.29 is 13.6 Å². The molecule has 0 bridgehead atoms. The minimum Gasteiger partial charge on any atom is -0.355 e. The predicted molar refractivity (Wildman–Crippen MR) is 79.9 cm³/mol. The van der Waals surface area contributed by atoms with E-state index in [1.54, 1.807) is 0 Å². The summed E-state index contributed by atoms with van der Waals surface area (Å²) in [4.78, 5) is 11.9. The van der Waals surface area contributed by atoms with Gasteiger partial charge in [-0.15, -0.1) is 0 Å². The molecule has 0 aliphatic carbocycles. The average molecular weight is 348 g/mol. The fraction of sp³-hybridized carbons (Fsp3) is 0.533. The van der Waals surface area contributed by atoms with Crippen LogP contribution in [0.2, 0.25) is 0 Å². The maximum Gasteiger partial charge on any atom is 0.224 e. The van der Waals surface area contributed by atoms with E-state index in [0.29, 0.717) is 6.54 Å². The average Bonchev–Trinajstić information content (AvgIpc) is 2.45. The summed E-state index contributed by atoms with van der Waals surface area (Å²) < 4.78 is 26.9. The second-order valence-corrected chi connectivity index (χ2v) is 5.56. The zero-order valence-corrected chi connectivity index (χ0v) is 13.4. The number of halogens is 3. The number of carbonyl (C=O) groups excluding carboxylic acids is 1. The number of amides is 1. The molecule has 1 N–H and O–H groups in total. The van der Waals surface area contributed by atoms with E-state index < -0.39 is 11.6 Å². The van der Waals surface area contributed by atoms with Crippen molar-refractivity contribution in [2.75, 3.05) is 11.9 Å². The van der Waals surface area contributed by atoms with Crippen molar-refractivity contribution in [3.63, 3.8) is 0 Å². The molecule has 1 amide bonds. The van der Waals surface area contributed by atoms with Gasteiger partial charge in [0.2, 0.25) is 5.91 Å². The molecule has 0 radical (unpaired) electrons. The van der Waals surface area contributed by atoms with Gasteiger partial charge in [-0.25, -0.2) is 8.78 Å². The predicted octanol–water partition coefficient (Wildman–Crippen LogP) is 3.82.